The molecule has 0 atom stereocenters. The number of rotatable bonds is 5. The lowest BCUT2D eigenvalue weighted by Gasteiger charge is -2.23. The van der Waals surface area contributed by atoms with Gasteiger partial charge in [0.05, 0.1) is 4.90 Å². The average molecular weight is 379 g/mol. The fourth-order valence-corrected chi connectivity index (χ4v) is 4.05. The second-order valence-corrected chi connectivity index (χ2v) is 7.85. The third-order valence-electron chi connectivity index (χ3n) is 3.99. The number of aryl methyl sites for hydroxylation is 2. The molecular weight excluding hydrogens is 356 g/mol. The van der Waals surface area contributed by atoms with E-state index in [2.05, 4.69) is 4.40 Å². The molecule has 25 heavy (non-hydrogen) atoms. The van der Waals surface area contributed by atoms with Gasteiger partial charge in [0.2, 0.25) is 0 Å². The summed E-state index contributed by atoms with van der Waals surface area (Å²) in [5, 5.41) is 0.597. The van der Waals surface area contributed by atoms with Crippen LogP contribution in [0.25, 0.3) is 0 Å². The van der Waals surface area contributed by atoms with Crippen molar-refractivity contribution in [3.8, 4) is 0 Å². The first-order valence-corrected chi connectivity index (χ1v) is 10.0. The molecule has 0 saturated heterocycles. The molecule has 2 aromatic carbocycles. The van der Waals surface area contributed by atoms with E-state index in [1.807, 2.05) is 31.7 Å². The molecule has 0 spiro atoms. The third kappa shape index (κ3) is 4.61. The second-order valence-electron chi connectivity index (χ2n) is 5.84. The van der Waals surface area contributed by atoms with Gasteiger partial charge in [-0.25, -0.2) is 0 Å². The Kier molecular flexibility index (Phi) is 6.25. The number of sulfonamides is 1. The van der Waals surface area contributed by atoms with Gasteiger partial charge in [0, 0.05) is 23.7 Å². The summed E-state index contributed by atoms with van der Waals surface area (Å²) in [7, 11) is -3.82. The molecule has 0 heterocycles. The van der Waals surface area contributed by atoms with Gasteiger partial charge in [-0.3, -0.25) is 0 Å². The van der Waals surface area contributed by atoms with Crippen molar-refractivity contribution in [3.05, 3.63) is 64.2 Å². The number of hydrogen-bond acceptors (Lipinski definition) is 2. The number of hydrogen-bond donors (Lipinski definition) is 0. The Morgan fingerprint density at radius 2 is 1.64 bits per heavy atom. The molecule has 0 aliphatic rings. The second kappa shape index (κ2) is 8.02. The summed E-state index contributed by atoms with van der Waals surface area (Å²) in [6.07, 6.45) is 0. The first kappa shape index (κ1) is 19.5. The van der Waals surface area contributed by atoms with Crippen LogP contribution in [0.2, 0.25) is 5.02 Å². The first-order chi connectivity index (χ1) is 11.8. The Morgan fingerprint density at radius 1 is 1.04 bits per heavy atom. The van der Waals surface area contributed by atoms with E-state index >= 15 is 0 Å². The molecule has 0 saturated carbocycles. The maximum atomic E-state index is 13.0. The summed E-state index contributed by atoms with van der Waals surface area (Å²) < 4.78 is 30.1. The molecule has 0 bridgehead atoms. The first-order valence-electron chi connectivity index (χ1n) is 8.21. The van der Waals surface area contributed by atoms with Crippen LogP contribution in [0, 0.1) is 13.8 Å². The van der Waals surface area contributed by atoms with Gasteiger partial charge in [-0.1, -0.05) is 23.7 Å². The Labute approximate surface area is 155 Å². The highest BCUT2D eigenvalue weighted by atomic mass is 35.5. The van der Waals surface area contributed by atoms with E-state index in [0.29, 0.717) is 29.5 Å². The zero-order valence-electron chi connectivity index (χ0n) is 15.0. The van der Waals surface area contributed by atoms with E-state index in [4.69, 9.17) is 11.6 Å². The summed E-state index contributed by atoms with van der Waals surface area (Å²) >= 11 is 5.96. The van der Waals surface area contributed by atoms with Crippen LogP contribution in [0.4, 0.5) is 0 Å². The number of halogens is 1. The van der Waals surface area contributed by atoms with Crippen molar-refractivity contribution in [2.45, 2.75) is 32.6 Å². The molecule has 134 valence electrons. The molecule has 0 fully saturated rings. The molecule has 0 aliphatic carbocycles. The van der Waals surface area contributed by atoms with Gasteiger partial charge in [0.1, 0.15) is 5.84 Å². The SMILES string of the molecule is CCN(CC)C(=NS(=O)(=O)c1cc(C)ccc1C)c1ccc(Cl)cc1. The Hall–Kier alpha value is -1.85. The van der Waals surface area contributed by atoms with Crippen molar-refractivity contribution in [3.63, 3.8) is 0 Å². The molecule has 0 unspecified atom stereocenters. The molecule has 6 heteroatoms. The van der Waals surface area contributed by atoms with Crippen molar-refractivity contribution in [1.29, 1.82) is 0 Å². The zero-order chi connectivity index (χ0) is 18.6. The maximum Gasteiger partial charge on any atom is 0.284 e. The molecule has 0 radical (unpaired) electrons. The molecule has 2 rings (SSSR count). The topological polar surface area (TPSA) is 49.7 Å². The van der Waals surface area contributed by atoms with Crippen LogP contribution < -0.4 is 0 Å². The minimum atomic E-state index is -3.82. The summed E-state index contributed by atoms with van der Waals surface area (Å²) in [5.74, 6) is 0.433. The van der Waals surface area contributed by atoms with Gasteiger partial charge in [0.15, 0.2) is 0 Å². The Balaban J connectivity index is 2.63. The summed E-state index contributed by atoms with van der Waals surface area (Å²) in [4.78, 5) is 2.16. The smallest absolute Gasteiger partial charge is 0.284 e. The van der Waals surface area contributed by atoms with Crippen molar-refractivity contribution < 1.29 is 8.42 Å². The molecule has 4 nitrogen and oxygen atoms in total. The largest absolute Gasteiger partial charge is 0.356 e. The predicted molar refractivity (Wildman–Crippen MR) is 104 cm³/mol. The number of amidine groups is 1. The lowest BCUT2D eigenvalue weighted by molar-refractivity contribution is 0.467. The highest BCUT2D eigenvalue weighted by Gasteiger charge is 2.20. The van der Waals surface area contributed by atoms with Crippen LogP contribution in [0.3, 0.4) is 0 Å². The van der Waals surface area contributed by atoms with Crippen LogP contribution in [0.5, 0.6) is 0 Å². The molecule has 0 N–H and O–H groups in total. The van der Waals surface area contributed by atoms with Crippen molar-refractivity contribution in [1.82, 2.24) is 4.90 Å². The summed E-state index contributed by atoms with van der Waals surface area (Å²) in [6.45, 7) is 8.90. The molecule has 0 aromatic heterocycles. The predicted octanol–water partition coefficient (Wildman–Crippen LogP) is 4.43. The van der Waals surface area contributed by atoms with E-state index in [0.717, 1.165) is 11.1 Å². The lowest BCUT2D eigenvalue weighted by Crippen LogP contribution is -2.32. The molecule has 0 aliphatic heterocycles. The van der Waals surface area contributed by atoms with Crippen LogP contribution in [0.1, 0.15) is 30.5 Å². The van der Waals surface area contributed by atoms with Gasteiger partial charge in [-0.05, 0) is 69.2 Å². The normalized spacial score (nSPS) is 12.3. The molecular formula is C19H23ClN2O2S. The van der Waals surface area contributed by atoms with E-state index < -0.39 is 10.0 Å². The standard InChI is InChI=1S/C19H23ClN2O2S/c1-5-22(6-2)19(16-9-11-17(20)12-10-16)21-25(23,24)18-13-14(3)7-8-15(18)4/h7-13H,5-6H2,1-4H3. The van der Waals surface area contributed by atoms with Crippen LogP contribution in [0.15, 0.2) is 51.8 Å². The minimum absolute atomic E-state index is 0.242. The van der Waals surface area contributed by atoms with Crippen LogP contribution >= 0.6 is 11.6 Å². The summed E-state index contributed by atoms with van der Waals surface area (Å²) in [6, 6.07) is 12.4. The quantitative estimate of drug-likeness (QED) is 0.571. The monoisotopic (exact) mass is 378 g/mol. The zero-order valence-corrected chi connectivity index (χ0v) is 16.5. The molecule has 0 amide bonds. The highest BCUT2D eigenvalue weighted by molar-refractivity contribution is 7.90. The van der Waals surface area contributed by atoms with Crippen molar-refractivity contribution >= 4 is 27.5 Å². The van der Waals surface area contributed by atoms with E-state index in [9.17, 15) is 8.42 Å². The Bertz CT molecular complexity index is 871. The number of benzene rings is 2. The number of nitrogens with zero attached hydrogens (tertiary/aromatic N) is 2. The lowest BCUT2D eigenvalue weighted by atomic mass is 10.2. The fourth-order valence-electron chi connectivity index (χ4n) is 2.56. The highest BCUT2D eigenvalue weighted by Crippen LogP contribution is 2.21. The fraction of sp³-hybridized carbons (Fsp3) is 0.316. The average Bonchev–Trinajstić information content (AvgIpc) is 2.58. The minimum Gasteiger partial charge on any atom is -0.356 e. The van der Waals surface area contributed by atoms with Crippen LogP contribution in [-0.2, 0) is 10.0 Å². The van der Waals surface area contributed by atoms with Gasteiger partial charge >= 0.3 is 0 Å². The van der Waals surface area contributed by atoms with Crippen LogP contribution in [-0.4, -0.2) is 32.2 Å². The van der Waals surface area contributed by atoms with Crippen molar-refractivity contribution in [2.24, 2.45) is 4.40 Å². The van der Waals surface area contributed by atoms with Gasteiger partial charge in [0.25, 0.3) is 10.0 Å². The van der Waals surface area contributed by atoms with E-state index in [1.165, 1.54) is 0 Å². The van der Waals surface area contributed by atoms with E-state index in [-0.39, 0.29) is 4.90 Å². The maximum absolute atomic E-state index is 13.0. The third-order valence-corrected chi connectivity index (χ3v) is 5.65. The van der Waals surface area contributed by atoms with Gasteiger partial charge < -0.3 is 4.90 Å². The Morgan fingerprint density at radius 3 is 2.20 bits per heavy atom. The van der Waals surface area contributed by atoms with Gasteiger partial charge in [-0.15, -0.1) is 4.40 Å². The molecule has 2 aromatic rings. The van der Waals surface area contributed by atoms with Gasteiger partial charge in [-0.2, -0.15) is 8.42 Å². The summed E-state index contributed by atoms with van der Waals surface area (Å²) in [5.41, 5.74) is 2.29. The van der Waals surface area contributed by atoms with E-state index in [1.54, 1.807) is 43.3 Å². The van der Waals surface area contributed by atoms with Crippen molar-refractivity contribution in [2.75, 3.05) is 13.1 Å².